The molecule has 0 aromatic heterocycles. The van der Waals surface area contributed by atoms with Crippen LogP contribution >= 0.6 is 0 Å². The number of hydrogen-bond donors (Lipinski definition) is 1. The van der Waals surface area contributed by atoms with E-state index in [1.165, 1.54) is 21.9 Å². The van der Waals surface area contributed by atoms with Crippen molar-refractivity contribution >= 4 is 35.1 Å². The molecular formula is C24H19F2N3O7. The Bertz CT molecular complexity index is 1330. The van der Waals surface area contributed by atoms with Gasteiger partial charge in [-0.05, 0) is 37.1 Å². The van der Waals surface area contributed by atoms with Crippen LogP contribution in [0.2, 0.25) is 0 Å². The monoisotopic (exact) mass is 499 g/mol. The first-order valence-corrected chi connectivity index (χ1v) is 11.3. The Morgan fingerprint density at radius 2 is 1.83 bits per heavy atom. The third-order valence-corrected chi connectivity index (χ3v) is 6.56. The van der Waals surface area contributed by atoms with E-state index in [2.05, 4.69) is 14.8 Å². The van der Waals surface area contributed by atoms with Crippen LogP contribution in [0.3, 0.4) is 0 Å². The first-order chi connectivity index (χ1) is 17.2. The quantitative estimate of drug-likeness (QED) is 0.629. The molecule has 3 amide bonds. The smallest absolute Gasteiger partial charge is 0.452 e. The first-order valence-electron chi connectivity index (χ1n) is 11.3. The molecule has 2 aromatic rings. The highest BCUT2D eigenvalue weighted by Crippen LogP contribution is 2.49. The Labute approximate surface area is 202 Å². The van der Waals surface area contributed by atoms with E-state index in [0.717, 1.165) is 6.07 Å². The lowest BCUT2D eigenvalue weighted by Gasteiger charge is -2.48. The van der Waals surface area contributed by atoms with Gasteiger partial charge in [-0.2, -0.15) is 0 Å². The van der Waals surface area contributed by atoms with Gasteiger partial charge in [0.1, 0.15) is 0 Å². The van der Waals surface area contributed by atoms with E-state index in [1.807, 2.05) is 0 Å². The minimum atomic E-state index is -3.80. The van der Waals surface area contributed by atoms with Crippen LogP contribution in [0.15, 0.2) is 42.5 Å². The summed E-state index contributed by atoms with van der Waals surface area (Å²) in [5, 5.41) is 2.44. The molecule has 36 heavy (non-hydrogen) atoms. The molecular weight excluding hydrogens is 480 g/mol. The number of halogens is 2. The lowest BCUT2D eigenvalue weighted by atomic mass is 9.96. The highest BCUT2D eigenvalue weighted by Gasteiger charge is 2.64. The van der Waals surface area contributed by atoms with Crippen LogP contribution in [0.1, 0.15) is 36.0 Å². The molecule has 1 atom stereocenters. The van der Waals surface area contributed by atoms with Gasteiger partial charge in [-0.15, -0.1) is 8.78 Å². The number of para-hydroxylation sites is 1. The van der Waals surface area contributed by atoms with Crippen LogP contribution in [0.4, 0.5) is 20.2 Å². The third kappa shape index (κ3) is 3.35. The van der Waals surface area contributed by atoms with Gasteiger partial charge in [0, 0.05) is 30.6 Å². The van der Waals surface area contributed by atoms with Crippen molar-refractivity contribution in [3.05, 3.63) is 48.0 Å². The molecule has 2 fully saturated rings. The van der Waals surface area contributed by atoms with Gasteiger partial charge in [0.05, 0.1) is 11.3 Å². The van der Waals surface area contributed by atoms with Gasteiger partial charge in [0.2, 0.25) is 11.6 Å². The topological polar surface area (TPSA) is 114 Å². The Kier molecular flexibility index (Phi) is 4.72. The summed E-state index contributed by atoms with van der Waals surface area (Å²) in [5.41, 5.74) is -0.892. The van der Waals surface area contributed by atoms with Crippen LogP contribution in [0.5, 0.6) is 11.5 Å². The SMILES string of the molecule is O=C(COC(=O)C12CCC(=O)N1c1ccccc1C(=O)N2C1CC1)Nc1ccc2c(c1)OC(F)(F)O2. The molecule has 1 aliphatic carbocycles. The van der Waals surface area contributed by atoms with Gasteiger partial charge in [-0.1, -0.05) is 12.1 Å². The predicted molar refractivity (Wildman–Crippen MR) is 117 cm³/mol. The zero-order valence-corrected chi connectivity index (χ0v) is 18.7. The third-order valence-electron chi connectivity index (χ3n) is 6.56. The molecule has 4 aliphatic rings. The van der Waals surface area contributed by atoms with Gasteiger partial charge in [-0.3, -0.25) is 19.3 Å². The van der Waals surface area contributed by atoms with Crippen molar-refractivity contribution in [2.24, 2.45) is 0 Å². The summed E-state index contributed by atoms with van der Waals surface area (Å²) >= 11 is 0. The molecule has 1 saturated carbocycles. The van der Waals surface area contributed by atoms with E-state index in [0.29, 0.717) is 24.1 Å². The molecule has 186 valence electrons. The number of carbonyl (C=O) groups excluding carboxylic acids is 4. The maximum absolute atomic E-state index is 13.5. The molecule has 1 saturated heterocycles. The van der Waals surface area contributed by atoms with E-state index < -0.39 is 30.4 Å². The van der Waals surface area contributed by atoms with Gasteiger partial charge in [0.25, 0.3) is 11.8 Å². The summed E-state index contributed by atoms with van der Waals surface area (Å²) in [4.78, 5) is 55.1. The molecule has 1 N–H and O–H groups in total. The Hall–Kier alpha value is -4.22. The molecule has 0 spiro atoms. The second-order valence-corrected chi connectivity index (χ2v) is 8.92. The summed E-state index contributed by atoms with van der Waals surface area (Å²) in [5.74, 6) is -2.76. The first kappa shape index (κ1) is 22.3. The number of benzene rings is 2. The Morgan fingerprint density at radius 3 is 2.61 bits per heavy atom. The van der Waals surface area contributed by atoms with Crippen LogP contribution in [-0.4, -0.2) is 53.2 Å². The van der Waals surface area contributed by atoms with Gasteiger partial charge < -0.3 is 24.4 Å². The number of alkyl halides is 2. The van der Waals surface area contributed by atoms with Gasteiger partial charge in [0.15, 0.2) is 18.1 Å². The fraction of sp³-hybridized carbons (Fsp3) is 0.333. The van der Waals surface area contributed by atoms with Crippen LogP contribution in [-0.2, 0) is 19.1 Å². The van der Waals surface area contributed by atoms with Crippen LogP contribution < -0.4 is 19.7 Å². The second-order valence-electron chi connectivity index (χ2n) is 8.92. The highest BCUT2D eigenvalue weighted by molar-refractivity contribution is 6.16. The molecule has 0 radical (unpaired) electrons. The summed E-state index contributed by atoms with van der Waals surface area (Å²) in [6.45, 7) is -0.721. The van der Waals surface area contributed by atoms with Crippen molar-refractivity contribution < 1.29 is 42.2 Å². The fourth-order valence-corrected chi connectivity index (χ4v) is 4.98. The number of esters is 1. The highest BCUT2D eigenvalue weighted by atomic mass is 19.3. The minimum absolute atomic E-state index is 0.0357. The zero-order valence-electron chi connectivity index (χ0n) is 18.7. The van der Waals surface area contributed by atoms with E-state index in [9.17, 15) is 28.0 Å². The molecule has 10 nitrogen and oxygen atoms in total. The van der Waals surface area contributed by atoms with Gasteiger partial charge in [-0.25, -0.2) is 4.79 Å². The van der Waals surface area contributed by atoms with E-state index >= 15 is 0 Å². The van der Waals surface area contributed by atoms with Crippen LogP contribution in [0.25, 0.3) is 0 Å². The molecule has 12 heteroatoms. The van der Waals surface area contributed by atoms with E-state index in [1.54, 1.807) is 24.3 Å². The number of ether oxygens (including phenoxy) is 3. The number of nitrogens with one attached hydrogen (secondary N) is 1. The molecule has 1 unspecified atom stereocenters. The maximum atomic E-state index is 13.5. The number of carbonyl (C=O) groups is 4. The fourth-order valence-electron chi connectivity index (χ4n) is 4.98. The normalized spacial score (nSPS) is 23.3. The van der Waals surface area contributed by atoms with Crippen molar-refractivity contribution in [3.8, 4) is 11.5 Å². The lowest BCUT2D eigenvalue weighted by molar-refractivity contribution is -0.286. The molecule has 3 aliphatic heterocycles. The van der Waals surface area contributed by atoms with Gasteiger partial charge >= 0.3 is 12.3 Å². The van der Waals surface area contributed by atoms with Crippen molar-refractivity contribution in [1.29, 1.82) is 0 Å². The Balaban J connectivity index is 1.22. The Morgan fingerprint density at radius 1 is 1.08 bits per heavy atom. The number of rotatable bonds is 5. The zero-order chi connectivity index (χ0) is 25.2. The average Bonchev–Trinajstić information content (AvgIpc) is 3.53. The minimum Gasteiger partial charge on any atom is -0.452 e. The number of amides is 3. The maximum Gasteiger partial charge on any atom is 0.586 e. The standard InChI is InChI=1S/C24H19F2N3O7/c25-24(26)35-17-8-5-13(11-18(17)36-24)27-19(30)12-34-22(33)23-10-9-20(31)29(23)16-4-2-1-3-15(16)21(32)28(23)14-6-7-14/h1-5,8,11,14H,6-7,9-10,12H2,(H,27,30). The molecule has 2 aromatic carbocycles. The van der Waals surface area contributed by atoms with E-state index in [-0.39, 0.29) is 47.9 Å². The molecule has 6 rings (SSSR count). The number of anilines is 2. The number of fused-ring (bicyclic) bond motifs is 4. The van der Waals surface area contributed by atoms with Crippen molar-refractivity contribution in [1.82, 2.24) is 4.90 Å². The summed E-state index contributed by atoms with van der Waals surface area (Å²) in [6.07, 6.45) is -2.34. The molecule has 0 bridgehead atoms. The van der Waals surface area contributed by atoms with Crippen molar-refractivity contribution in [2.75, 3.05) is 16.8 Å². The number of hydrogen-bond acceptors (Lipinski definition) is 7. The van der Waals surface area contributed by atoms with Crippen molar-refractivity contribution in [2.45, 2.75) is 43.7 Å². The van der Waals surface area contributed by atoms with Crippen LogP contribution in [0, 0.1) is 0 Å². The predicted octanol–water partition coefficient (Wildman–Crippen LogP) is 2.63. The summed E-state index contributed by atoms with van der Waals surface area (Å²) in [6, 6.07) is 10.1. The molecule has 3 heterocycles. The van der Waals surface area contributed by atoms with Crippen molar-refractivity contribution in [3.63, 3.8) is 0 Å². The lowest BCUT2D eigenvalue weighted by Crippen LogP contribution is -2.69. The second kappa shape index (κ2) is 7.64. The largest absolute Gasteiger partial charge is 0.586 e. The summed E-state index contributed by atoms with van der Waals surface area (Å²) < 4.78 is 40.5. The average molecular weight is 499 g/mol. The summed E-state index contributed by atoms with van der Waals surface area (Å²) in [7, 11) is 0. The van der Waals surface area contributed by atoms with E-state index in [4.69, 9.17) is 4.74 Å². The number of nitrogens with zero attached hydrogens (tertiary/aromatic N) is 2.